The molecule has 0 fully saturated rings. The highest BCUT2D eigenvalue weighted by Gasteiger charge is 2.38. The van der Waals surface area contributed by atoms with Crippen LogP contribution in [0.2, 0.25) is 0 Å². The molecule has 0 saturated heterocycles. The summed E-state index contributed by atoms with van der Waals surface area (Å²) < 4.78 is 18.7. The molecule has 3 heterocycles. The number of carbonyl (C=O) groups excluding carboxylic acids is 1. The molecule has 5 rings (SSSR count). The van der Waals surface area contributed by atoms with E-state index in [4.69, 9.17) is 19.3 Å². The highest BCUT2D eigenvalue weighted by molar-refractivity contribution is 5.97. The highest BCUT2D eigenvalue weighted by Crippen LogP contribution is 2.50. The van der Waals surface area contributed by atoms with Crippen LogP contribution in [0.25, 0.3) is 5.69 Å². The first-order valence-corrected chi connectivity index (χ1v) is 11.1. The van der Waals surface area contributed by atoms with Gasteiger partial charge in [0.15, 0.2) is 17.3 Å². The number of aliphatic hydroxyl groups is 1. The summed E-state index contributed by atoms with van der Waals surface area (Å²) >= 11 is 0. The van der Waals surface area contributed by atoms with Crippen LogP contribution in [0.3, 0.4) is 0 Å². The van der Waals surface area contributed by atoms with E-state index in [2.05, 4.69) is 25.7 Å². The molecule has 178 valence electrons. The van der Waals surface area contributed by atoms with Gasteiger partial charge in [-0.2, -0.15) is 4.68 Å². The van der Waals surface area contributed by atoms with Crippen LogP contribution in [-0.2, 0) is 6.42 Å². The molecule has 34 heavy (non-hydrogen) atoms. The number of tetrazole rings is 1. The van der Waals surface area contributed by atoms with Crippen molar-refractivity contribution < 1.29 is 24.1 Å². The standard InChI is InChI=1S/C23H26N6O5/c1-28-10-8-14-12-17-20(34-13-33-17)21(32-2)18(14)19(28)22-25-26-27-29(22)16-7-4-3-6-15(16)23(31)24-9-5-11-30/h3-4,6-7,12,19,30H,5,8-11,13H2,1-2H3,(H,24,31). The van der Waals surface area contributed by atoms with Gasteiger partial charge in [0.1, 0.15) is 6.04 Å². The van der Waals surface area contributed by atoms with Gasteiger partial charge < -0.3 is 24.6 Å². The number of fused-ring (bicyclic) bond motifs is 2. The summed E-state index contributed by atoms with van der Waals surface area (Å²) in [6.45, 7) is 1.30. The molecule has 11 heteroatoms. The van der Waals surface area contributed by atoms with Crippen LogP contribution < -0.4 is 19.5 Å². The summed E-state index contributed by atoms with van der Waals surface area (Å²) in [6, 6.07) is 8.82. The molecule has 2 N–H and O–H groups in total. The third-order valence-corrected chi connectivity index (χ3v) is 6.13. The normalized spacial score (nSPS) is 16.9. The molecule has 1 aromatic heterocycles. The smallest absolute Gasteiger partial charge is 0.253 e. The molecule has 1 unspecified atom stereocenters. The second-order valence-electron chi connectivity index (χ2n) is 8.15. The summed E-state index contributed by atoms with van der Waals surface area (Å²) in [4.78, 5) is 15.0. The van der Waals surface area contributed by atoms with Crippen molar-refractivity contribution in [3.63, 3.8) is 0 Å². The SMILES string of the molecule is COc1c2c(cc3c1C(c1nnnn1-c1ccccc1C(=O)NCCCO)N(C)CC3)OCO2. The molecule has 0 spiro atoms. The van der Waals surface area contributed by atoms with Gasteiger partial charge in [0.2, 0.25) is 12.5 Å². The largest absolute Gasteiger partial charge is 0.492 e. The minimum atomic E-state index is -0.339. The molecule has 0 saturated carbocycles. The number of likely N-dealkylation sites (N-methyl/N-ethyl adjacent to an activating group) is 1. The second kappa shape index (κ2) is 9.27. The third-order valence-electron chi connectivity index (χ3n) is 6.13. The van der Waals surface area contributed by atoms with Gasteiger partial charge in [-0.05, 0) is 54.1 Å². The van der Waals surface area contributed by atoms with Crippen molar-refractivity contribution in [3.05, 3.63) is 52.8 Å². The zero-order chi connectivity index (χ0) is 23.7. The van der Waals surface area contributed by atoms with E-state index in [-0.39, 0.29) is 25.3 Å². The number of nitrogens with zero attached hydrogens (tertiary/aromatic N) is 5. The molecule has 2 aliphatic rings. The van der Waals surface area contributed by atoms with Gasteiger partial charge in [-0.25, -0.2) is 0 Å². The quantitative estimate of drug-likeness (QED) is 0.493. The van der Waals surface area contributed by atoms with Crippen LogP contribution in [-0.4, -0.2) is 76.8 Å². The summed E-state index contributed by atoms with van der Waals surface area (Å²) in [7, 11) is 3.61. The Labute approximate surface area is 196 Å². The van der Waals surface area contributed by atoms with Crippen LogP contribution in [0.5, 0.6) is 17.2 Å². The summed E-state index contributed by atoms with van der Waals surface area (Å²) in [6.07, 6.45) is 1.28. The molecule has 0 bridgehead atoms. The number of ether oxygens (including phenoxy) is 3. The number of aromatic nitrogens is 4. The van der Waals surface area contributed by atoms with Gasteiger partial charge in [0.05, 0.1) is 18.4 Å². The Hall–Kier alpha value is -3.70. The van der Waals surface area contributed by atoms with Crippen LogP contribution in [0.15, 0.2) is 30.3 Å². The Morgan fingerprint density at radius 1 is 1.32 bits per heavy atom. The average Bonchev–Trinajstić information content (AvgIpc) is 3.52. The Morgan fingerprint density at radius 3 is 3.00 bits per heavy atom. The van der Waals surface area contributed by atoms with Gasteiger partial charge >= 0.3 is 0 Å². The van der Waals surface area contributed by atoms with Crippen molar-refractivity contribution in [3.8, 4) is 22.9 Å². The number of para-hydroxylation sites is 1. The molecular weight excluding hydrogens is 440 g/mol. The second-order valence-corrected chi connectivity index (χ2v) is 8.15. The van der Waals surface area contributed by atoms with Crippen molar-refractivity contribution in [1.29, 1.82) is 0 Å². The molecule has 2 aromatic carbocycles. The monoisotopic (exact) mass is 466 g/mol. The van der Waals surface area contributed by atoms with E-state index in [0.717, 1.165) is 24.1 Å². The minimum Gasteiger partial charge on any atom is -0.492 e. The average molecular weight is 466 g/mol. The molecule has 0 radical (unpaired) electrons. The number of nitrogens with one attached hydrogen (secondary N) is 1. The van der Waals surface area contributed by atoms with Gasteiger partial charge in [0, 0.05) is 25.3 Å². The lowest BCUT2D eigenvalue weighted by Gasteiger charge is -2.34. The van der Waals surface area contributed by atoms with Gasteiger partial charge in [0.25, 0.3) is 5.91 Å². The Balaban J connectivity index is 1.61. The zero-order valence-corrected chi connectivity index (χ0v) is 19.0. The number of aliphatic hydroxyl groups excluding tert-OH is 1. The molecular formula is C23H26N6O5. The van der Waals surface area contributed by atoms with E-state index in [1.807, 2.05) is 19.2 Å². The van der Waals surface area contributed by atoms with Crippen LogP contribution in [0.1, 0.15) is 39.8 Å². The highest BCUT2D eigenvalue weighted by atomic mass is 16.7. The lowest BCUT2D eigenvalue weighted by Crippen LogP contribution is -2.35. The first-order chi connectivity index (χ1) is 16.6. The summed E-state index contributed by atoms with van der Waals surface area (Å²) in [5.41, 5.74) is 2.99. The number of methoxy groups -OCH3 is 1. The van der Waals surface area contributed by atoms with Gasteiger partial charge in [-0.3, -0.25) is 9.69 Å². The number of benzene rings is 2. The van der Waals surface area contributed by atoms with E-state index in [9.17, 15) is 4.79 Å². The number of rotatable bonds is 7. The van der Waals surface area contributed by atoms with Crippen molar-refractivity contribution in [2.45, 2.75) is 18.9 Å². The maximum absolute atomic E-state index is 12.9. The van der Waals surface area contributed by atoms with E-state index in [0.29, 0.717) is 47.3 Å². The van der Waals surface area contributed by atoms with E-state index in [1.165, 1.54) is 0 Å². The van der Waals surface area contributed by atoms with Crippen molar-refractivity contribution >= 4 is 5.91 Å². The Bertz CT molecular complexity index is 1210. The number of carbonyl (C=O) groups is 1. The fourth-order valence-corrected chi connectivity index (χ4v) is 4.52. The lowest BCUT2D eigenvalue weighted by molar-refractivity contribution is 0.0951. The van der Waals surface area contributed by atoms with Gasteiger partial charge in [-0.15, -0.1) is 5.10 Å². The maximum atomic E-state index is 12.9. The molecule has 11 nitrogen and oxygen atoms in total. The molecule has 0 aliphatic carbocycles. The van der Waals surface area contributed by atoms with Crippen LogP contribution >= 0.6 is 0 Å². The maximum Gasteiger partial charge on any atom is 0.253 e. The zero-order valence-electron chi connectivity index (χ0n) is 19.0. The summed E-state index contributed by atoms with van der Waals surface area (Å²) in [5.74, 6) is 2.14. The molecule has 2 aliphatic heterocycles. The van der Waals surface area contributed by atoms with Crippen molar-refractivity contribution in [2.24, 2.45) is 0 Å². The van der Waals surface area contributed by atoms with E-state index in [1.54, 1.807) is 30.0 Å². The topological polar surface area (TPSA) is 124 Å². The first-order valence-electron chi connectivity index (χ1n) is 11.1. The molecule has 1 amide bonds. The van der Waals surface area contributed by atoms with Crippen LogP contribution in [0, 0.1) is 0 Å². The Morgan fingerprint density at radius 2 is 2.18 bits per heavy atom. The lowest BCUT2D eigenvalue weighted by atomic mass is 9.90. The number of amides is 1. The minimum absolute atomic E-state index is 0.00673. The predicted octanol–water partition coefficient (Wildman–Crippen LogP) is 1.09. The summed E-state index contributed by atoms with van der Waals surface area (Å²) in [5, 5.41) is 24.4. The first kappa shape index (κ1) is 22.1. The number of hydrogen-bond acceptors (Lipinski definition) is 9. The predicted molar refractivity (Wildman–Crippen MR) is 120 cm³/mol. The third kappa shape index (κ3) is 3.72. The van der Waals surface area contributed by atoms with Crippen molar-refractivity contribution in [2.75, 3.05) is 40.6 Å². The Kier molecular flexibility index (Phi) is 6.03. The van der Waals surface area contributed by atoms with Gasteiger partial charge in [-0.1, -0.05) is 12.1 Å². The number of hydrogen-bond donors (Lipinski definition) is 2. The van der Waals surface area contributed by atoms with Crippen LogP contribution in [0.4, 0.5) is 0 Å². The van der Waals surface area contributed by atoms with Crippen molar-refractivity contribution in [1.82, 2.24) is 30.4 Å². The fourth-order valence-electron chi connectivity index (χ4n) is 4.52. The molecule has 3 aromatic rings. The molecule has 1 atom stereocenters. The van der Waals surface area contributed by atoms with E-state index >= 15 is 0 Å². The van der Waals surface area contributed by atoms with E-state index < -0.39 is 0 Å². The fraction of sp³-hybridized carbons (Fsp3) is 0.391.